The lowest BCUT2D eigenvalue weighted by Crippen LogP contribution is -2.45. The van der Waals surface area contributed by atoms with Crippen molar-refractivity contribution in [1.82, 2.24) is 0 Å². The minimum atomic E-state index is -0.0289. The van der Waals surface area contributed by atoms with Gasteiger partial charge in [-0.1, -0.05) is 38.5 Å². The molecule has 2 unspecified atom stereocenters. The molecule has 0 aliphatic heterocycles. The maximum Gasteiger partial charge on any atom is 0.0568 e. The molecule has 0 fully saturated rings. The van der Waals surface area contributed by atoms with Crippen molar-refractivity contribution in [2.24, 2.45) is 11.1 Å². The van der Waals surface area contributed by atoms with Crippen molar-refractivity contribution in [2.75, 3.05) is 6.61 Å². The van der Waals surface area contributed by atoms with Gasteiger partial charge in [0.15, 0.2) is 0 Å². The molecule has 0 radical (unpaired) electrons. The predicted octanol–water partition coefficient (Wildman–Crippen LogP) is 2.82. The first kappa shape index (κ1) is 14.6. The average Bonchev–Trinajstić information content (AvgIpc) is 2.26. The van der Waals surface area contributed by atoms with Gasteiger partial charge < -0.3 is 10.8 Å². The third kappa shape index (κ3) is 4.34. The Labute approximate surface area is 109 Å². The number of rotatable bonds is 4. The van der Waals surface area contributed by atoms with E-state index in [4.69, 9.17) is 5.73 Å². The van der Waals surface area contributed by atoms with Gasteiger partial charge in [-0.25, -0.2) is 0 Å². The van der Waals surface area contributed by atoms with Crippen LogP contribution in [0.4, 0.5) is 0 Å². The molecule has 1 aromatic rings. The molecule has 0 amide bonds. The van der Waals surface area contributed by atoms with Gasteiger partial charge in [-0.2, -0.15) is 0 Å². The van der Waals surface area contributed by atoms with Crippen LogP contribution in [0, 0.1) is 12.3 Å². The van der Waals surface area contributed by atoms with E-state index in [9.17, 15) is 5.11 Å². The maximum absolute atomic E-state index is 9.47. The summed E-state index contributed by atoms with van der Waals surface area (Å²) in [4.78, 5) is 1.16. The fourth-order valence-corrected chi connectivity index (χ4v) is 2.85. The molecule has 2 atom stereocenters. The van der Waals surface area contributed by atoms with Gasteiger partial charge in [0.1, 0.15) is 0 Å². The third-order valence-corrected chi connectivity index (χ3v) is 4.18. The van der Waals surface area contributed by atoms with Gasteiger partial charge >= 0.3 is 0 Å². The number of thioether (sulfide) groups is 1. The average molecular weight is 253 g/mol. The van der Waals surface area contributed by atoms with Crippen molar-refractivity contribution in [3.05, 3.63) is 29.8 Å². The zero-order valence-electron chi connectivity index (χ0n) is 11.1. The minimum Gasteiger partial charge on any atom is -0.395 e. The van der Waals surface area contributed by atoms with E-state index < -0.39 is 0 Å². The molecule has 3 N–H and O–H groups in total. The summed E-state index contributed by atoms with van der Waals surface area (Å²) in [7, 11) is 0. The molecule has 2 nitrogen and oxygen atoms in total. The summed E-state index contributed by atoms with van der Waals surface area (Å²) < 4.78 is 0. The zero-order valence-corrected chi connectivity index (χ0v) is 11.9. The van der Waals surface area contributed by atoms with Crippen LogP contribution >= 0.6 is 11.8 Å². The first-order valence-electron chi connectivity index (χ1n) is 5.94. The van der Waals surface area contributed by atoms with Gasteiger partial charge in [-0.05, 0) is 24.5 Å². The number of aryl methyl sites for hydroxylation is 1. The van der Waals surface area contributed by atoms with Crippen LogP contribution in [-0.4, -0.2) is 23.0 Å². The molecule has 0 aliphatic carbocycles. The molecule has 0 spiro atoms. The van der Waals surface area contributed by atoms with Crippen LogP contribution in [0.15, 0.2) is 29.2 Å². The van der Waals surface area contributed by atoms with Crippen LogP contribution in [0.3, 0.4) is 0 Å². The highest BCUT2D eigenvalue weighted by molar-refractivity contribution is 8.00. The minimum absolute atomic E-state index is 0.00505. The molecule has 0 heterocycles. The van der Waals surface area contributed by atoms with Crippen LogP contribution in [0.5, 0.6) is 0 Å². The van der Waals surface area contributed by atoms with E-state index in [0.29, 0.717) is 0 Å². The third-order valence-electron chi connectivity index (χ3n) is 2.89. The Morgan fingerprint density at radius 3 is 2.18 bits per heavy atom. The lowest BCUT2D eigenvalue weighted by molar-refractivity contribution is 0.233. The van der Waals surface area contributed by atoms with E-state index in [0.717, 1.165) is 4.90 Å². The fourth-order valence-electron chi connectivity index (χ4n) is 1.57. The second kappa shape index (κ2) is 5.89. The second-order valence-electron chi connectivity index (χ2n) is 5.54. The van der Waals surface area contributed by atoms with E-state index in [1.54, 1.807) is 11.8 Å². The lowest BCUT2D eigenvalue weighted by atomic mass is 9.85. The number of hydrogen-bond acceptors (Lipinski definition) is 3. The highest BCUT2D eigenvalue weighted by atomic mass is 32.2. The Morgan fingerprint density at radius 2 is 1.76 bits per heavy atom. The molecule has 3 heteroatoms. The monoisotopic (exact) mass is 253 g/mol. The van der Waals surface area contributed by atoms with Crippen LogP contribution in [-0.2, 0) is 0 Å². The lowest BCUT2D eigenvalue weighted by Gasteiger charge is -2.32. The van der Waals surface area contributed by atoms with Gasteiger partial charge in [-0.15, -0.1) is 11.8 Å². The summed E-state index contributed by atoms with van der Waals surface area (Å²) >= 11 is 1.66. The highest BCUT2D eigenvalue weighted by Gasteiger charge is 2.29. The number of hydrogen-bond donors (Lipinski definition) is 2. The molecule has 0 saturated heterocycles. The topological polar surface area (TPSA) is 46.2 Å². The van der Waals surface area contributed by atoms with E-state index in [2.05, 4.69) is 52.0 Å². The van der Waals surface area contributed by atoms with Crippen LogP contribution in [0.1, 0.15) is 26.3 Å². The number of aliphatic hydroxyl groups is 1. The van der Waals surface area contributed by atoms with Gasteiger partial charge in [0.05, 0.1) is 6.61 Å². The van der Waals surface area contributed by atoms with Crippen LogP contribution in [0.25, 0.3) is 0 Å². The molecule has 0 aromatic heterocycles. The summed E-state index contributed by atoms with van der Waals surface area (Å²) in [5.41, 5.74) is 7.45. The van der Waals surface area contributed by atoms with Crippen LogP contribution in [0.2, 0.25) is 0 Å². The normalized spacial score (nSPS) is 15.6. The molecule has 0 saturated carbocycles. The van der Waals surface area contributed by atoms with Crippen molar-refractivity contribution in [3.8, 4) is 0 Å². The zero-order chi connectivity index (χ0) is 13.1. The Bertz CT molecular complexity index is 342. The van der Waals surface area contributed by atoms with Crippen molar-refractivity contribution in [1.29, 1.82) is 0 Å². The van der Waals surface area contributed by atoms with Gasteiger partial charge in [0.2, 0.25) is 0 Å². The Kier molecular flexibility index (Phi) is 5.04. The molecular formula is C14H23NOS. The number of aliphatic hydroxyl groups excluding tert-OH is 1. The molecule has 0 aliphatic rings. The number of nitrogens with two attached hydrogens (primary N) is 1. The molecule has 96 valence electrons. The van der Waals surface area contributed by atoms with E-state index >= 15 is 0 Å². The smallest absolute Gasteiger partial charge is 0.0568 e. The summed E-state index contributed by atoms with van der Waals surface area (Å²) in [6, 6.07) is 8.30. The highest BCUT2D eigenvalue weighted by Crippen LogP contribution is 2.31. The quantitative estimate of drug-likeness (QED) is 0.811. The SMILES string of the molecule is Cc1ccc(SC(CO)C(N)C(C)(C)C)cc1. The number of benzene rings is 1. The van der Waals surface area contributed by atoms with Crippen molar-refractivity contribution in [2.45, 2.75) is 43.9 Å². The fraction of sp³-hybridized carbons (Fsp3) is 0.571. The van der Waals surface area contributed by atoms with Crippen molar-refractivity contribution < 1.29 is 5.11 Å². The van der Waals surface area contributed by atoms with E-state index in [1.807, 2.05) is 0 Å². The standard InChI is InChI=1S/C14H23NOS/c1-10-5-7-11(8-6-10)17-12(9-16)13(15)14(2,3)4/h5-8,12-13,16H,9,15H2,1-4H3. The molecule has 0 bridgehead atoms. The first-order chi connectivity index (χ1) is 7.84. The Hall–Kier alpha value is -0.510. The second-order valence-corrected chi connectivity index (χ2v) is 6.86. The predicted molar refractivity (Wildman–Crippen MR) is 75.3 cm³/mol. The maximum atomic E-state index is 9.47. The van der Waals surface area contributed by atoms with Gasteiger partial charge in [0, 0.05) is 16.2 Å². The summed E-state index contributed by atoms with van der Waals surface area (Å²) in [6.07, 6.45) is 0. The molecular weight excluding hydrogens is 230 g/mol. The van der Waals surface area contributed by atoms with E-state index in [1.165, 1.54) is 5.56 Å². The first-order valence-corrected chi connectivity index (χ1v) is 6.82. The van der Waals surface area contributed by atoms with Crippen molar-refractivity contribution >= 4 is 11.8 Å². The van der Waals surface area contributed by atoms with Gasteiger partial charge in [0.25, 0.3) is 0 Å². The van der Waals surface area contributed by atoms with Crippen molar-refractivity contribution in [3.63, 3.8) is 0 Å². The molecule has 1 aromatic carbocycles. The summed E-state index contributed by atoms with van der Waals surface area (Å²) in [5, 5.41) is 9.51. The summed E-state index contributed by atoms with van der Waals surface area (Å²) in [6.45, 7) is 8.50. The molecule has 1 rings (SSSR count). The van der Waals surface area contributed by atoms with Crippen LogP contribution < -0.4 is 5.73 Å². The Balaban J connectivity index is 2.73. The summed E-state index contributed by atoms with van der Waals surface area (Å²) in [5.74, 6) is 0. The largest absolute Gasteiger partial charge is 0.395 e. The Morgan fingerprint density at radius 1 is 1.24 bits per heavy atom. The molecule has 17 heavy (non-hydrogen) atoms. The van der Waals surface area contributed by atoms with E-state index in [-0.39, 0.29) is 23.3 Å². The van der Waals surface area contributed by atoms with Gasteiger partial charge in [-0.3, -0.25) is 0 Å².